The molecule has 0 bridgehead atoms. The van der Waals surface area contributed by atoms with Gasteiger partial charge in [0.1, 0.15) is 5.75 Å². The van der Waals surface area contributed by atoms with Crippen molar-refractivity contribution in [3.05, 3.63) is 120 Å². The van der Waals surface area contributed by atoms with E-state index in [1.807, 2.05) is 55.5 Å². The Hall–Kier alpha value is -3.74. The summed E-state index contributed by atoms with van der Waals surface area (Å²) < 4.78 is 34.5. The average Bonchev–Trinajstić information content (AvgIpc) is 3.31. The third kappa shape index (κ3) is 4.02. The van der Waals surface area contributed by atoms with Crippen LogP contribution in [0.2, 0.25) is 0 Å². The van der Waals surface area contributed by atoms with Gasteiger partial charge in [0.05, 0.1) is 16.5 Å². The number of esters is 1. The van der Waals surface area contributed by atoms with Crippen LogP contribution in [-0.4, -0.2) is 25.2 Å². The summed E-state index contributed by atoms with van der Waals surface area (Å²) in [6.45, 7) is 1.98. The molecule has 1 heterocycles. The number of nitrogens with zero attached hydrogens (tertiary/aromatic N) is 1. The molecule has 4 aromatic rings. The van der Waals surface area contributed by atoms with Crippen molar-refractivity contribution in [2.75, 3.05) is 6.54 Å². The van der Waals surface area contributed by atoms with Gasteiger partial charge in [0.2, 0.25) is 10.0 Å². The zero-order chi connectivity index (χ0) is 23.7. The summed E-state index contributed by atoms with van der Waals surface area (Å²) in [5, 5.41) is 1.86. The lowest BCUT2D eigenvalue weighted by Gasteiger charge is -2.27. The zero-order valence-corrected chi connectivity index (χ0v) is 19.4. The van der Waals surface area contributed by atoms with Gasteiger partial charge in [-0.3, -0.25) is 0 Å². The van der Waals surface area contributed by atoms with Gasteiger partial charge in [0.15, 0.2) is 0 Å². The number of sulfonamides is 1. The molecule has 0 saturated carbocycles. The smallest absolute Gasteiger partial charge is 0.341 e. The molecule has 4 aromatic carbocycles. The van der Waals surface area contributed by atoms with Crippen LogP contribution < -0.4 is 4.74 Å². The summed E-state index contributed by atoms with van der Waals surface area (Å²) in [7, 11) is -3.89. The molecule has 0 amide bonds. The van der Waals surface area contributed by atoms with E-state index < -0.39 is 22.0 Å². The zero-order valence-electron chi connectivity index (χ0n) is 18.6. The molecule has 1 aliphatic heterocycles. The van der Waals surface area contributed by atoms with Crippen LogP contribution in [0.25, 0.3) is 10.8 Å². The van der Waals surface area contributed by atoms with E-state index in [1.54, 1.807) is 54.6 Å². The van der Waals surface area contributed by atoms with E-state index in [0.29, 0.717) is 11.3 Å². The second-order valence-corrected chi connectivity index (χ2v) is 10.1. The molecule has 0 aliphatic carbocycles. The highest BCUT2D eigenvalue weighted by Gasteiger charge is 2.41. The van der Waals surface area contributed by atoms with Crippen molar-refractivity contribution >= 4 is 26.8 Å². The van der Waals surface area contributed by atoms with Crippen LogP contribution in [0.3, 0.4) is 0 Å². The summed E-state index contributed by atoms with van der Waals surface area (Å²) in [4.78, 5) is 13.5. The minimum absolute atomic E-state index is 0.0727. The van der Waals surface area contributed by atoms with Gasteiger partial charge in [-0.15, -0.1) is 0 Å². The quantitative estimate of drug-likeness (QED) is 0.289. The molecule has 34 heavy (non-hydrogen) atoms. The van der Waals surface area contributed by atoms with Crippen LogP contribution in [0.4, 0.5) is 0 Å². The van der Waals surface area contributed by atoms with E-state index in [4.69, 9.17) is 4.74 Å². The third-order valence-electron chi connectivity index (χ3n) is 6.01. The number of benzene rings is 4. The van der Waals surface area contributed by atoms with Gasteiger partial charge < -0.3 is 4.74 Å². The molecule has 0 radical (unpaired) electrons. The lowest BCUT2D eigenvalue weighted by atomic mass is 9.95. The Morgan fingerprint density at radius 1 is 0.853 bits per heavy atom. The Balaban J connectivity index is 1.61. The Morgan fingerprint density at radius 2 is 1.53 bits per heavy atom. The number of fused-ring (bicyclic) bond motifs is 1. The lowest BCUT2D eigenvalue weighted by molar-refractivity contribution is -0.130. The number of hydrogen-bond acceptors (Lipinski definition) is 4. The minimum atomic E-state index is -3.89. The maximum atomic E-state index is 13.7. The Bertz CT molecular complexity index is 1490. The van der Waals surface area contributed by atoms with E-state index in [1.165, 1.54) is 4.31 Å². The second kappa shape index (κ2) is 8.89. The molecule has 1 atom stereocenters. The van der Waals surface area contributed by atoms with Crippen LogP contribution >= 0.6 is 0 Å². The average molecular weight is 470 g/mol. The summed E-state index contributed by atoms with van der Waals surface area (Å²) >= 11 is 0. The van der Waals surface area contributed by atoms with Gasteiger partial charge in [0.25, 0.3) is 0 Å². The first kappa shape index (κ1) is 22.1. The first-order valence-electron chi connectivity index (χ1n) is 11.0. The predicted octanol–water partition coefficient (Wildman–Crippen LogP) is 5.43. The normalized spacial score (nSPS) is 16.4. The van der Waals surface area contributed by atoms with Gasteiger partial charge in [0, 0.05) is 6.54 Å². The third-order valence-corrected chi connectivity index (χ3v) is 7.85. The maximum Gasteiger partial charge on any atom is 0.341 e. The molecule has 5 rings (SSSR count). The Morgan fingerprint density at radius 3 is 2.29 bits per heavy atom. The highest BCUT2D eigenvalue weighted by Crippen LogP contribution is 2.41. The largest absolute Gasteiger partial charge is 0.423 e. The van der Waals surface area contributed by atoms with Crippen molar-refractivity contribution in [1.29, 1.82) is 0 Å². The van der Waals surface area contributed by atoms with E-state index in [9.17, 15) is 13.2 Å². The fourth-order valence-electron chi connectivity index (χ4n) is 4.30. The molecular weight excluding hydrogens is 446 g/mol. The fourth-order valence-corrected chi connectivity index (χ4v) is 5.83. The maximum absolute atomic E-state index is 13.7. The van der Waals surface area contributed by atoms with Crippen molar-refractivity contribution < 1.29 is 17.9 Å². The van der Waals surface area contributed by atoms with Gasteiger partial charge in [-0.05, 0) is 47.5 Å². The molecule has 0 saturated heterocycles. The summed E-state index contributed by atoms with van der Waals surface area (Å²) in [5.41, 5.74) is 2.01. The van der Waals surface area contributed by atoms with Gasteiger partial charge in [-0.2, -0.15) is 4.31 Å². The molecule has 1 unspecified atom stereocenters. The van der Waals surface area contributed by atoms with Crippen LogP contribution in [0, 0.1) is 6.92 Å². The van der Waals surface area contributed by atoms with E-state index in [2.05, 4.69) is 0 Å². The van der Waals surface area contributed by atoms with Crippen molar-refractivity contribution in [3.63, 3.8) is 0 Å². The first-order valence-corrected chi connectivity index (χ1v) is 12.4. The number of hydrogen-bond donors (Lipinski definition) is 0. The van der Waals surface area contributed by atoms with E-state index in [-0.39, 0.29) is 11.4 Å². The number of rotatable bonds is 5. The molecule has 1 aliphatic rings. The standard InChI is InChI=1S/C28H23NO4S/c1-20-14-16-23(17-15-20)34(31,32)29-19-18-26(28(30)33-22-10-3-2-4-11-22)27(29)25-13-7-9-21-8-5-6-12-24(21)25/h2-18,27H,19H2,1H3. The van der Waals surface area contributed by atoms with Crippen LogP contribution in [-0.2, 0) is 14.8 Å². The highest BCUT2D eigenvalue weighted by atomic mass is 32.2. The van der Waals surface area contributed by atoms with E-state index >= 15 is 0 Å². The van der Waals surface area contributed by atoms with Crippen molar-refractivity contribution in [1.82, 2.24) is 4.31 Å². The first-order chi connectivity index (χ1) is 16.4. The monoisotopic (exact) mass is 469 g/mol. The topological polar surface area (TPSA) is 63.7 Å². The van der Waals surface area contributed by atoms with Crippen molar-refractivity contribution in [2.45, 2.75) is 17.9 Å². The fraction of sp³-hybridized carbons (Fsp3) is 0.107. The predicted molar refractivity (Wildman–Crippen MR) is 132 cm³/mol. The summed E-state index contributed by atoms with van der Waals surface area (Å²) in [6, 6.07) is 28.2. The molecule has 6 heteroatoms. The Kier molecular flexibility index (Phi) is 5.77. The van der Waals surface area contributed by atoms with Gasteiger partial charge >= 0.3 is 5.97 Å². The number of aryl methyl sites for hydroxylation is 1. The molecule has 0 aromatic heterocycles. The molecule has 0 fully saturated rings. The van der Waals surface area contributed by atoms with Crippen LogP contribution in [0.5, 0.6) is 5.75 Å². The minimum Gasteiger partial charge on any atom is -0.423 e. The van der Waals surface area contributed by atoms with Crippen LogP contribution in [0.1, 0.15) is 17.2 Å². The van der Waals surface area contributed by atoms with Crippen molar-refractivity contribution in [3.8, 4) is 5.75 Å². The SMILES string of the molecule is Cc1ccc(S(=O)(=O)N2CC=C(C(=O)Oc3ccccc3)C2c2cccc3ccccc23)cc1. The van der Waals surface area contributed by atoms with E-state index in [0.717, 1.165) is 21.9 Å². The second-order valence-electron chi connectivity index (χ2n) is 8.22. The number of carbonyl (C=O) groups excluding carboxylic acids is 1. The molecular formula is C28H23NO4S. The summed E-state index contributed by atoms with van der Waals surface area (Å²) in [6.07, 6.45) is 1.66. The molecule has 170 valence electrons. The number of ether oxygens (including phenoxy) is 1. The number of para-hydroxylation sites is 1. The summed E-state index contributed by atoms with van der Waals surface area (Å²) in [5.74, 6) is -0.157. The van der Waals surface area contributed by atoms with Crippen LogP contribution in [0.15, 0.2) is 114 Å². The number of carbonyl (C=O) groups is 1. The van der Waals surface area contributed by atoms with Gasteiger partial charge in [-0.25, -0.2) is 13.2 Å². The molecule has 0 spiro atoms. The van der Waals surface area contributed by atoms with Gasteiger partial charge in [-0.1, -0.05) is 84.4 Å². The van der Waals surface area contributed by atoms with Crippen molar-refractivity contribution in [2.24, 2.45) is 0 Å². The lowest BCUT2D eigenvalue weighted by Crippen LogP contribution is -2.34. The highest BCUT2D eigenvalue weighted by molar-refractivity contribution is 7.89. The molecule has 0 N–H and O–H groups in total. The Labute approximate surface area is 199 Å². The molecule has 5 nitrogen and oxygen atoms in total.